The van der Waals surface area contributed by atoms with Crippen LogP contribution in [0, 0.1) is 0 Å². The summed E-state index contributed by atoms with van der Waals surface area (Å²) in [5.74, 6) is -2.13. The van der Waals surface area contributed by atoms with Crippen LogP contribution < -0.4 is 34.2 Å². The number of anilines is 1. The quantitative estimate of drug-likeness (QED) is 0.191. The van der Waals surface area contributed by atoms with E-state index in [4.69, 9.17) is 74.1 Å². The molecule has 16 nitrogen and oxygen atoms in total. The molecule has 0 atom stereocenters. The number of carboxylic acids is 2. The van der Waals surface area contributed by atoms with Crippen LogP contribution in [0.15, 0.2) is 30.3 Å². The molecule has 0 radical (unpaired) electrons. The van der Waals surface area contributed by atoms with Crippen molar-refractivity contribution < 1.29 is 48.2 Å². The molecule has 0 fully saturated rings. The number of ether oxygens (including phenoxy) is 6. The highest BCUT2D eigenvalue weighted by atomic mass is 35.5. The summed E-state index contributed by atoms with van der Waals surface area (Å²) in [7, 11) is 5.63. The van der Waals surface area contributed by atoms with E-state index < -0.39 is 17.6 Å². The molecular formula is C25H21Cl3N6O10. The molecule has 1 aromatic carbocycles. The number of nitrogen functional groups attached to an aromatic ring is 1. The average Bonchev–Trinajstić information content (AvgIpc) is 3.01. The monoisotopic (exact) mass is 670 g/mol. The fraction of sp³-hybridized carbons (Fsp3) is 0.160. The van der Waals surface area contributed by atoms with Gasteiger partial charge in [0, 0.05) is 0 Å². The van der Waals surface area contributed by atoms with Crippen LogP contribution in [0.25, 0.3) is 0 Å². The van der Waals surface area contributed by atoms with E-state index in [1.165, 1.54) is 58.8 Å². The zero-order valence-electron chi connectivity index (χ0n) is 23.0. The molecule has 232 valence electrons. The summed E-state index contributed by atoms with van der Waals surface area (Å²) >= 11 is 16.6. The second-order valence-electron chi connectivity index (χ2n) is 7.71. The maximum atomic E-state index is 12.0. The number of benzene rings is 1. The van der Waals surface area contributed by atoms with Gasteiger partial charge in [0.05, 0.1) is 51.3 Å². The molecule has 3 aromatic heterocycles. The maximum absolute atomic E-state index is 12.0. The van der Waals surface area contributed by atoms with Gasteiger partial charge in [-0.25, -0.2) is 14.6 Å². The van der Waals surface area contributed by atoms with Gasteiger partial charge in [-0.15, -0.1) is 0 Å². The van der Waals surface area contributed by atoms with E-state index in [0.29, 0.717) is 0 Å². The van der Waals surface area contributed by atoms with Crippen LogP contribution in [0.5, 0.6) is 47.0 Å². The molecule has 0 unspecified atom stereocenters. The van der Waals surface area contributed by atoms with E-state index in [2.05, 4.69) is 24.9 Å². The van der Waals surface area contributed by atoms with Crippen molar-refractivity contribution in [1.82, 2.24) is 24.9 Å². The number of aromatic carboxylic acids is 2. The third kappa shape index (κ3) is 8.06. The summed E-state index contributed by atoms with van der Waals surface area (Å²) in [5.41, 5.74) is 4.57. The second kappa shape index (κ2) is 14.9. The van der Waals surface area contributed by atoms with Gasteiger partial charge in [0.1, 0.15) is 22.1 Å². The van der Waals surface area contributed by atoms with Crippen LogP contribution in [0.3, 0.4) is 0 Å². The molecule has 0 aliphatic rings. The van der Waals surface area contributed by atoms with E-state index >= 15 is 0 Å². The van der Waals surface area contributed by atoms with Gasteiger partial charge in [-0.2, -0.15) is 19.9 Å². The second-order valence-corrected chi connectivity index (χ2v) is 8.82. The van der Waals surface area contributed by atoms with Crippen molar-refractivity contribution in [2.75, 3.05) is 34.2 Å². The zero-order chi connectivity index (χ0) is 32.6. The van der Waals surface area contributed by atoms with Gasteiger partial charge in [0.25, 0.3) is 0 Å². The first-order chi connectivity index (χ1) is 20.9. The number of nitrogens with zero attached hydrogens (tertiary/aromatic N) is 5. The fourth-order valence-corrected chi connectivity index (χ4v) is 3.63. The number of carboxylic acid groups (broad SMARTS) is 2. The van der Waals surface area contributed by atoms with Gasteiger partial charge in [-0.05, 0) is 12.1 Å². The normalized spacial score (nSPS) is 10.2. The first kappa shape index (κ1) is 33.4. The molecule has 0 bridgehead atoms. The van der Waals surface area contributed by atoms with E-state index in [-0.39, 0.29) is 73.5 Å². The largest absolute Gasteiger partial charge is 0.481 e. The maximum Gasteiger partial charge on any atom is 0.356 e. The Balaban J connectivity index is 0.000000340. The number of methoxy groups -OCH3 is 4. The molecule has 0 aliphatic carbocycles. The highest BCUT2D eigenvalue weighted by molar-refractivity contribution is 6.46. The van der Waals surface area contributed by atoms with Crippen LogP contribution in [-0.4, -0.2) is 75.5 Å². The lowest BCUT2D eigenvalue weighted by Gasteiger charge is -2.13. The SMILES string of the molecule is COc1cc(OC)nc(Oc2cccc(Oc3nc(OC)cc(OC)n3)c2C(=O)O)n1.Nc1c(Cl)c(Cl)nc(C(=O)O)c1Cl. The molecule has 44 heavy (non-hydrogen) atoms. The lowest BCUT2D eigenvalue weighted by atomic mass is 10.2. The minimum Gasteiger partial charge on any atom is -0.481 e. The number of hydrogen-bond donors (Lipinski definition) is 3. The van der Waals surface area contributed by atoms with Crippen molar-refractivity contribution in [3.8, 4) is 47.0 Å². The number of nitrogens with two attached hydrogens (primary N) is 1. The van der Waals surface area contributed by atoms with Crippen molar-refractivity contribution in [2.24, 2.45) is 0 Å². The molecular weight excluding hydrogens is 651 g/mol. The molecule has 4 rings (SSSR count). The van der Waals surface area contributed by atoms with Crippen LogP contribution in [0.4, 0.5) is 5.69 Å². The Kier molecular flexibility index (Phi) is 11.3. The first-order valence-corrected chi connectivity index (χ1v) is 12.7. The number of rotatable bonds is 10. The number of aromatic nitrogens is 5. The van der Waals surface area contributed by atoms with Gasteiger partial charge < -0.3 is 44.4 Å². The topological polar surface area (TPSA) is 220 Å². The van der Waals surface area contributed by atoms with Crippen LogP contribution in [0.1, 0.15) is 20.8 Å². The number of pyridine rings is 1. The number of hydrogen-bond acceptors (Lipinski definition) is 14. The van der Waals surface area contributed by atoms with Gasteiger partial charge in [0.15, 0.2) is 10.8 Å². The summed E-state index contributed by atoms with van der Waals surface area (Å²) in [6.07, 6.45) is 0. The molecule has 0 saturated heterocycles. The molecule has 0 amide bonds. The predicted molar refractivity (Wildman–Crippen MR) is 154 cm³/mol. The molecule has 4 aromatic rings. The van der Waals surface area contributed by atoms with Crippen molar-refractivity contribution >= 4 is 52.4 Å². The summed E-state index contributed by atoms with van der Waals surface area (Å²) in [6.45, 7) is 0. The lowest BCUT2D eigenvalue weighted by molar-refractivity contribution is 0.0679. The molecule has 0 saturated carbocycles. The summed E-state index contributed by atoms with van der Waals surface area (Å²) < 4.78 is 31.4. The highest BCUT2D eigenvalue weighted by Crippen LogP contribution is 2.35. The van der Waals surface area contributed by atoms with E-state index in [0.717, 1.165) is 0 Å². The molecule has 3 heterocycles. The highest BCUT2D eigenvalue weighted by Gasteiger charge is 2.22. The first-order valence-electron chi connectivity index (χ1n) is 11.6. The summed E-state index contributed by atoms with van der Waals surface area (Å²) in [4.78, 5) is 42.1. The number of halogens is 3. The smallest absolute Gasteiger partial charge is 0.356 e. The Morgan fingerprint density at radius 1 is 0.682 bits per heavy atom. The van der Waals surface area contributed by atoms with E-state index in [9.17, 15) is 14.7 Å². The average molecular weight is 672 g/mol. The minimum absolute atomic E-state index is 0.0448. The predicted octanol–water partition coefficient (Wildman–Crippen LogP) is 4.91. The van der Waals surface area contributed by atoms with Gasteiger partial charge in [-0.1, -0.05) is 40.9 Å². The van der Waals surface area contributed by atoms with Crippen LogP contribution in [0.2, 0.25) is 15.2 Å². The van der Waals surface area contributed by atoms with Crippen molar-refractivity contribution in [3.05, 3.63) is 56.8 Å². The lowest BCUT2D eigenvalue weighted by Crippen LogP contribution is -2.06. The molecule has 4 N–H and O–H groups in total. The Bertz CT molecular complexity index is 1580. The van der Waals surface area contributed by atoms with Crippen LogP contribution in [-0.2, 0) is 0 Å². The number of carbonyl (C=O) groups is 2. The Morgan fingerprint density at radius 3 is 1.43 bits per heavy atom. The molecule has 0 aliphatic heterocycles. The van der Waals surface area contributed by atoms with Gasteiger partial charge in [-0.3, -0.25) is 0 Å². The minimum atomic E-state index is -1.32. The Morgan fingerprint density at radius 2 is 1.09 bits per heavy atom. The van der Waals surface area contributed by atoms with Gasteiger partial charge >= 0.3 is 24.0 Å². The van der Waals surface area contributed by atoms with E-state index in [1.807, 2.05) is 0 Å². The van der Waals surface area contributed by atoms with E-state index in [1.54, 1.807) is 0 Å². The van der Waals surface area contributed by atoms with Crippen molar-refractivity contribution in [1.29, 1.82) is 0 Å². The van der Waals surface area contributed by atoms with Crippen LogP contribution >= 0.6 is 34.8 Å². The zero-order valence-corrected chi connectivity index (χ0v) is 25.3. The Labute approximate surface area is 263 Å². The fourth-order valence-electron chi connectivity index (χ4n) is 3.04. The molecule has 19 heteroatoms. The third-order valence-electron chi connectivity index (χ3n) is 5.03. The Hall–Kier alpha value is -5.06. The third-order valence-corrected chi connectivity index (χ3v) is 6.17. The van der Waals surface area contributed by atoms with Crippen molar-refractivity contribution in [3.63, 3.8) is 0 Å². The van der Waals surface area contributed by atoms with Crippen molar-refractivity contribution in [2.45, 2.75) is 0 Å². The summed E-state index contributed by atoms with van der Waals surface area (Å²) in [6, 6.07) is 6.87. The van der Waals surface area contributed by atoms with Gasteiger partial charge in [0.2, 0.25) is 23.5 Å². The molecule has 0 spiro atoms. The standard InChI is InChI=1S/C19H18N4O8.C6H3Cl3N2O2/c1-26-12-8-13(27-2)21-18(20-12)30-10-6-5-7-11(16(10)17(24)25)31-19-22-14(28-3)9-15(23-19)29-4;7-1-3(10)2(8)5(9)11-4(1)6(12)13/h5-9H,1-4H3,(H,24,25);(H2,10,11)(H,12,13). The summed E-state index contributed by atoms with van der Waals surface area (Å²) in [5, 5.41) is 17.9.